The molecule has 5 atom stereocenters. The highest BCUT2D eigenvalue weighted by Crippen LogP contribution is 2.33. The van der Waals surface area contributed by atoms with Crippen LogP contribution in [0.15, 0.2) is 53.7 Å². The van der Waals surface area contributed by atoms with E-state index < -0.39 is 67.0 Å². The molecule has 0 saturated carbocycles. The molecule has 0 spiro atoms. The van der Waals surface area contributed by atoms with Crippen molar-refractivity contribution in [3.8, 4) is 0 Å². The zero-order valence-corrected chi connectivity index (χ0v) is 24.4. The van der Waals surface area contributed by atoms with Gasteiger partial charge < -0.3 is 34.0 Å². The lowest BCUT2D eigenvalue weighted by Crippen LogP contribution is -2.66. The first-order chi connectivity index (χ1) is 20.4. The van der Waals surface area contributed by atoms with E-state index in [1.165, 1.54) is 13.8 Å². The van der Waals surface area contributed by atoms with E-state index in [0.717, 1.165) is 25.0 Å². The summed E-state index contributed by atoms with van der Waals surface area (Å²) in [6.45, 7) is 6.44. The zero-order valence-electron chi connectivity index (χ0n) is 24.4. The van der Waals surface area contributed by atoms with Crippen LogP contribution in [0.25, 0.3) is 0 Å². The summed E-state index contributed by atoms with van der Waals surface area (Å²) in [5.41, 5.74) is 2.93. The van der Waals surface area contributed by atoms with Crippen LogP contribution in [0.5, 0.6) is 0 Å². The van der Waals surface area contributed by atoms with Gasteiger partial charge in [-0.1, -0.05) is 47.1 Å². The van der Waals surface area contributed by atoms with Gasteiger partial charge in [0.25, 0.3) is 12.2 Å². The van der Waals surface area contributed by atoms with Crippen LogP contribution in [0, 0.1) is 6.92 Å². The van der Waals surface area contributed by atoms with Gasteiger partial charge in [-0.25, -0.2) is 0 Å². The summed E-state index contributed by atoms with van der Waals surface area (Å²) in [5, 5.41) is 6.78. The SMILES string of the molecule is CC(=O)N[C@H]1[C@H](O/N=C2/C(=O)N(Cc3ccccc3)c3ccc(C)cc32)O[C@@H](COC(C)=O)[C@@H](OC(C)=O)[C@H]1OC(C)=O. The second kappa shape index (κ2) is 13.5. The number of anilines is 1. The number of benzene rings is 2. The van der Waals surface area contributed by atoms with Gasteiger partial charge in [0.15, 0.2) is 17.9 Å². The van der Waals surface area contributed by atoms with Crippen molar-refractivity contribution in [2.24, 2.45) is 5.16 Å². The molecule has 1 fully saturated rings. The van der Waals surface area contributed by atoms with Gasteiger partial charge in [0, 0.05) is 33.3 Å². The Bertz CT molecular complexity index is 1430. The smallest absolute Gasteiger partial charge is 0.303 e. The number of oxime groups is 1. The van der Waals surface area contributed by atoms with Crippen molar-refractivity contribution >= 4 is 41.1 Å². The largest absolute Gasteiger partial charge is 0.463 e. The fraction of sp³-hybridized carbons (Fsp3) is 0.400. The van der Waals surface area contributed by atoms with Crippen LogP contribution in [0.1, 0.15) is 44.4 Å². The number of aryl methyl sites for hydroxylation is 1. The van der Waals surface area contributed by atoms with Crippen LogP contribution in [0.3, 0.4) is 0 Å². The number of ether oxygens (including phenoxy) is 4. The maximum atomic E-state index is 13.7. The van der Waals surface area contributed by atoms with Crippen LogP contribution in [-0.2, 0) is 54.3 Å². The summed E-state index contributed by atoms with van der Waals surface area (Å²) in [7, 11) is 0. The second-order valence-corrected chi connectivity index (χ2v) is 10.2. The van der Waals surface area contributed by atoms with Crippen LogP contribution in [0.4, 0.5) is 5.69 Å². The third-order valence-corrected chi connectivity index (χ3v) is 6.65. The molecule has 43 heavy (non-hydrogen) atoms. The van der Waals surface area contributed by atoms with Crippen molar-refractivity contribution in [1.82, 2.24) is 5.32 Å². The minimum Gasteiger partial charge on any atom is -0.463 e. The maximum Gasteiger partial charge on any atom is 0.303 e. The van der Waals surface area contributed by atoms with Crippen LogP contribution in [-0.4, -0.2) is 72.7 Å². The number of carbonyl (C=O) groups is 5. The lowest BCUT2D eigenvalue weighted by Gasteiger charge is -2.43. The van der Waals surface area contributed by atoms with Crippen LogP contribution in [0.2, 0.25) is 0 Å². The minimum absolute atomic E-state index is 0.0116. The molecule has 0 bridgehead atoms. The Morgan fingerprint density at radius 2 is 1.60 bits per heavy atom. The highest BCUT2D eigenvalue weighted by molar-refractivity contribution is 6.54. The van der Waals surface area contributed by atoms with Crippen LogP contribution < -0.4 is 10.2 Å². The fourth-order valence-electron chi connectivity index (χ4n) is 4.92. The molecule has 4 rings (SSSR count). The number of nitrogens with one attached hydrogen (secondary N) is 1. The van der Waals surface area contributed by atoms with E-state index in [-0.39, 0.29) is 12.3 Å². The van der Waals surface area contributed by atoms with Gasteiger partial charge in [0.2, 0.25) is 5.91 Å². The van der Waals surface area contributed by atoms with Crippen molar-refractivity contribution in [1.29, 1.82) is 0 Å². The van der Waals surface area contributed by atoms with Gasteiger partial charge in [-0.15, -0.1) is 0 Å². The van der Waals surface area contributed by atoms with E-state index in [4.69, 9.17) is 23.8 Å². The molecule has 0 unspecified atom stereocenters. The molecule has 0 aromatic heterocycles. The van der Waals surface area contributed by atoms with E-state index in [1.807, 2.05) is 49.4 Å². The normalized spacial score (nSPS) is 23.7. The van der Waals surface area contributed by atoms with Crippen molar-refractivity contribution in [2.45, 2.75) is 71.8 Å². The second-order valence-electron chi connectivity index (χ2n) is 10.2. The number of hydrogen-bond acceptors (Lipinski definition) is 11. The Balaban J connectivity index is 1.71. The molecule has 2 amide bonds. The lowest BCUT2D eigenvalue weighted by molar-refractivity contribution is -0.278. The van der Waals surface area contributed by atoms with Gasteiger partial charge in [0.05, 0.1) is 12.2 Å². The average Bonchev–Trinajstić information content (AvgIpc) is 3.18. The Morgan fingerprint density at radius 1 is 0.930 bits per heavy atom. The number of carbonyl (C=O) groups excluding carboxylic acids is 5. The number of nitrogens with zero attached hydrogens (tertiary/aromatic N) is 2. The molecule has 13 heteroatoms. The van der Waals surface area contributed by atoms with Crippen molar-refractivity contribution in [2.75, 3.05) is 11.5 Å². The predicted molar refractivity (Wildman–Crippen MR) is 150 cm³/mol. The standard InChI is InChI=1S/C30H33N3O10/c1-16-11-12-23-22(13-16)25(29(38)33(23)14-21-9-7-6-8-10-21)32-43-30-26(31-17(2)34)28(41-20(5)37)27(40-19(4)36)24(42-30)15-39-18(3)35/h6-13,24,26-28,30H,14-15H2,1-5H3,(H,31,34)/b32-25+/t24-,26+,27+,28-,30-/m0/s1. The molecule has 2 aromatic rings. The van der Waals surface area contributed by atoms with Crippen LogP contribution >= 0.6 is 0 Å². The predicted octanol–water partition coefficient (Wildman–Crippen LogP) is 1.92. The quantitative estimate of drug-likeness (QED) is 0.258. The highest BCUT2D eigenvalue weighted by atomic mass is 16.8. The third-order valence-electron chi connectivity index (χ3n) is 6.65. The van der Waals surface area contributed by atoms with Gasteiger partial charge in [-0.2, -0.15) is 0 Å². The fourth-order valence-corrected chi connectivity index (χ4v) is 4.92. The molecular weight excluding hydrogens is 562 g/mol. The maximum absolute atomic E-state index is 13.7. The van der Waals surface area contributed by atoms with Crippen molar-refractivity contribution in [3.05, 3.63) is 65.2 Å². The van der Waals surface area contributed by atoms with E-state index in [9.17, 15) is 24.0 Å². The Hall–Kier alpha value is -4.78. The van der Waals surface area contributed by atoms with Gasteiger partial charge in [0.1, 0.15) is 18.8 Å². The van der Waals surface area contributed by atoms with E-state index >= 15 is 0 Å². The van der Waals surface area contributed by atoms with Crippen molar-refractivity contribution < 1.29 is 47.8 Å². The molecule has 2 aliphatic rings. The van der Waals surface area contributed by atoms with Gasteiger partial charge in [-0.3, -0.25) is 24.0 Å². The number of esters is 3. The lowest BCUT2D eigenvalue weighted by atomic mass is 9.96. The number of fused-ring (bicyclic) bond motifs is 1. The molecule has 2 heterocycles. The first kappa shape index (κ1) is 31.2. The molecule has 1 N–H and O–H groups in total. The van der Waals surface area contributed by atoms with E-state index in [2.05, 4.69) is 10.5 Å². The first-order valence-corrected chi connectivity index (χ1v) is 13.6. The Kier molecular flexibility index (Phi) is 9.76. The molecule has 1 saturated heterocycles. The number of amides is 2. The molecular formula is C30H33N3O10. The summed E-state index contributed by atoms with van der Waals surface area (Å²) >= 11 is 0. The molecule has 0 aliphatic carbocycles. The molecule has 0 radical (unpaired) electrons. The topological polar surface area (TPSA) is 159 Å². The summed E-state index contributed by atoms with van der Waals surface area (Å²) < 4.78 is 22.0. The Morgan fingerprint density at radius 3 is 2.23 bits per heavy atom. The number of hydrogen-bond donors (Lipinski definition) is 1. The molecule has 228 valence electrons. The van der Waals surface area contributed by atoms with E-state index in [1.54, 1.807) is 11.0 Å². The van der Waals surface area contributed by atoms with Crippen molar-refractivity contribution in [3.63, 3.8) is 0 Å². The zero-order chi connectivity index (χ0) is 31.3. The highest BCUT2D eigenvalue weighted by Gasteiger charge is 2.52. The summed E-state index contributed by atoms with van der Waals surface area (Å²) in [5.74, 6) is -3.09. The summed E-state index contributed by atoms with van der Waals surface area (Å²) in [6.07, 6.45) is -5.26. The Labute approximate surface area is 248 Å². The number of rotatable bonds is 9. The average molecular weight is 596 g/mol. The molecule has 2 aromatic carbocycles. The molecule has 2 aliphatic heterocycles. The third kappa shape index (κ3) is 7.55. The van der Waals surface area contributed by atoms with E-state index in [0.29, 0.717) is 11.3 Å². The molecule has 13 nitrogen and oxygen atoms in total. The minimum atomic E-state index is -1.46. The summed E-state index contributed by atoms with van der Waals surface area (Å²) in [4.78, 5) is 68.9. The summed E-state index contributed by atoms with van der Waals surface area (Å²) in [6, 6.07) is 13.7. The first-order valence-electron chi connectivity index (χ1n) is 13.6. The monoisotopic (exact) mass is 595 g/mol. The van der Waals surface area contributed by atoms with Gasteiger partial charge in [-0.05, 0) is 24.6 Å². The van der Waals surface area contributed by atoms with Gasteiger partial charge >= 0.3 is 17.9 Å².